The fraction of sp³-hybridized carbons (Fsp3) is 0.955. The Kier molecular flexibility index (Phi) is 38.4. The van der Waals surface area contributed by atoms with E-state index in [0.29, 0.717) is 6.61 Å². The molecule has 0 atom stereocenters. The number of ether oxygens (including phenoxy) is 1. The number of aliphatic hydroxyl groups is 2. The monoisotopic (exact) mass is 414 g/mol. The van der Waals surface area contributed by atoms with Crippen LogP contribution >= 0.6 is 0 Å². The zero-order valence-corrected chi connectivity index (χ0v) is 17.6. The number of aliphatic hydroxyl groups excluding tert-OH is 2. The molecule has 5 heteroatoms. The molecule has 0 aromatic rings. The number of hydrogen-bond acceptors (Lipinski definition) is 4. The van der Waals surface area contributed by atoms with Crippen molar-refractivity contribution in [3.05, 3.63) is 0 Å². The van der Waals surface area contributed by atoms with Crippen molar-refractivity contribution in [2.75, 3.05) is 19.8 Å². The van der Waals surface area contributed by atoms with Gasteiger partial charge in [0.15, 0.2) is 0 Å². The third kappa shape index (κ3) is 38.3. The van der Waals surface area contributed by atoms with Crippen LogP contribution in [-0.4, -0.2) is 87.4 Å². The summed E-state index contributed by atoms with van der Waals surface area (Å²) < 4.78 is 4.92. The van der Waals surface area contributed by atoms with Crippen LogP contribution in [0.25, 0.3) is 0 Å². The Labute approximate surface area is 211 Å². The first-order chi connectivity index (χ1) is 12.7. The van der Waals surface area contributed by atoms with E-state index < -0.39 is 0 Å². The predicted octanol–water partition coefficient (Wildman–Crippen LogP) is 5.13. The summed E-state index contributed by atoms with van der Waals surface area (Å²) in [5.74, 6) is -0.152. The average Bonchev–Trinajstić information content (AvgIpc) is 2.64. The maximum absolute atomic E-state index is 10.6. The van der Waals surface area contributed by atoms with Gasteiger partial charge in [0, 0.05) is 6.92 Å². The average molecular weight is 415 g/mol. The molecule has 0 aliphatic carbocycles. The van der Waals surface area contributed by atoms with Gasteiger partial charge in [-0.2, -0.15) is 0 Å². The number of rotatable bonds is 18. The first-order valence-corrected chi connectivity index (χ1v) is 11.0. The summed E-state index contributed by atoms with van der Waals surface area (Å²) in [4.78, 5) is 10.6. The molecular formula is C22H47KO4. The van der Waals surface area contributed by atoms with Gasteiger partial charge in [-0.05, 0) is 6.42 Å². The Morgan fingerprint density at radius 2 is 0.926 bits per heavy atom. The van der Waals surface area contributed by atoms with E-state index in [1.807, 2.05) is 0 Å². The van der Waals surface area contributed by atoms with E-state index >= 15 is 0 Å². The number of esters is 1. The van der Waals surface area contributed by atoms with Gasteiger partial charge in [-0.3, -0.25) is 4.79 Å². The summed E-state index contributed by atoms with van der Waals surface area (Å²) in [5.41, 5.74) is 0. The van der Waals surface area contributed by atoms with Gasteiger partial charge in [0.1, 0.15) is 0 Å². The topological polar surface area (TPSA) is 66.8 Å². The van der Waals surface area contributed by atoms with Crippen LogP contribution < -0.4 is 0 Å². The van der Waals surface area contributed by atoms with Crippen molar-refractivity contribution in [1.82, 2.24) is 0 Å². The molecule has 27 heavy (non-hydrogen) atoms. The van der Waals surface area contributed by atoms with Gasteiger partial charge in [-0.25, -0.2) is 0 Å². The van der Waals surface area contributed by atoms with Crippen molar-refractivity contribution in [3.8, 4) is 0 Å². The van der Waals surface area contributed by atoms with Crippen LogP contribution in [0.15, 0.2) is 0 Å². The van der Waals surface area contributed by atoms with Crippen molar-refractivity contribution >= 4 is 57.4 Å². The van der Waals surface area contributed by atoms with Gasteiger partial charge in [-0.15, -0.1) is 0 Å². The fourth-order valence-corrected chi connectivity index (χ4v) is 2.87. The van der Waals surface area contributed by atoms with Crippen molar-refractivity contribution in [1.29, 1.82) is 0 Å². The molecule has 0 aliphatic rings. The molecule has 0 aromatic carbocycles. The maximum atomic E-state index is 10.6. The van der Waals surface area contributed by atoms with Crippen LogP contribution in [0.3, 0.4) is 0 Å². The van der Waals surface area contributed by atoms with E-state index in [9.17, 15) is 4.79 Å². The van der Waals surface area contributed by atoms with Crippen molar-refractivity contribution in [2.45, 2.75) is 117 Å². The second kappa shape index (κ2) is 31.7. The summed E-state index contributed by atoms with van der Waals surface area (Å²) in [5, 5.41) is 15.2. The summed E-state index contributed by atoms with van der Waals surface area (Å²) in [6, 6.07) is 0. The molecule has 0 rings (SSSR count). The summed E-state index contributed by atoms with van der Waals surface area (Å²) in [7, 11) is 0. The molecule has 0 aromatic heterocycles. The molecule has 0 bridgehead atoms. The normalized spacial score (nSPS) is 9.93. The van der Waals surface area contributed by atoms with Gasteiger partial charge in [0.2, 0.25) is 0 Å². The van der Waals surface area contributed by atoms with E-state index in [0.717, 1.165) is 6.42 Å². The molecule has 0 saturated carbocycles. The van der Waals surface area contributed by atoms with E-state index in [1.54, 1.807) is 0 Å². The Balaban J connectivity index is -0.00000104. The molecule has 0 amide bonds. The fourth-order valence-electron chi connectivity index (χ4n) is 2.87. The first-order valence-electron chi connectivity index (χ1n) is 11.0. The van der Waals surface area contributed by atoms with Gasteiger partial charge in [0.05, 0.1) is 19.8 Å². The van der Waals surface area contributed by atoms with Crippen LogP contribution in [0.1, 0.15) is 117 Å². The molecule has 0 spiro atoms. The van der Waals surface area contributed by atoms with E-state index in [2.05, 4.69) is 6.92 Å². The van der Waals surface area contributed by atoms with Gasteiger partial charge >= 0.3 is 57.4 Å². The third-order valence-electron chi connectivity index (χ3n) is 4.40. The number of carbonyl (C=O) groups is 1. The SMILES string of the molecule is CCCCCCCCCCCCCCCCCCOC(C)=O.OCCO.[KH]. The molecule has 0 heterocycles. The predicted molar refractivity (Wildman–Crippen MR) is 117 cm³/mol. The van der Waals surface area contributed by atoms with Gasteiger partial charge < -0.3 is 14.9 Å². The molecule has 0 unspecified atom stereocenters. The van der Waals surface area contributed by atoms with E-state index in [4.69, 9.17) is 14.9 Å². The third-order valence-corrected chi connectivity index (χ3v) is 4.40. The zero-order chi connectivity index (χ0) is 19.7. The van der Waals surface area contributed by atoms with Gasteiger partial charge in [0.25, 0.3) is 0 Å². The van der Waals surface area contributed by atoms with Crippen LogP contribution in [0, 0.1) is 0 Å². The zero-order valence-electron chi connectivity index (χ0n) is 17.6. The Morgan fingerprint density at radius 3 is 1.19 bits per heavy atom. The second-order valence-corrected chi connectivity index (χ2v) is 7.09. The molecule has 2 N–H and O–H groups in total. The van der Waals surface area contributed by atoms with Crippen molar-refractivity contribution in [2.24, 2.45) is 0 Å². The Bertz CT molecular complexity index is 261. The van der Waals surface area contributed by atoms with Crippen molar-refractivity contribution in [3.63, 3.8) is 0 Å². The molecular weight excluding hydrogens is 367 g/mol. The summed E-state index contributed by atoms with van der Waals surface area (Å²) >= 11 is 0. The second-order valence-electron chi connectivity index (χ2n) is 7.09. The molecule has 4 nitrogen and oxygen atoms in total. The molecule has 0 radical (unpaired) electrons. The van der Waals surface area contributed by atoms with Crippen LogP contribution in [-0.2, 0) is 9.53 Å². The molecule has 0 saturated heterocycles. The standard InChI is InChI=1S/C20H40O2.C2H6O2.K.H/c1-3-4-5-6-7-8-9-10-11-12-13-14-15-16-17-18-19-22-20(2)21;3-1-2-4;;/h3-19H2,1-2H3;3-4H,1-2H2;;. The number of hydrogen-bond donors (Lipinski definition) is 2. The summed E-state index contributed by atoms with van der Waals surface area (Å²) in [6.45, 7) is 4.11. The number of unbranched alkanes of at least 4 members (excludes halogenated alkanes) is 15. The first kappa shape index (κ1) is 32.7. The van der Waals surface area contributed by atoms with E-state index in [1.165, 1.54) is 103 Å². The molecule has 160 valence electrons. The quantitative estimate of drug-likeness (QED) is 0.185. The van der Waals surface area contributed by atoms with Gasteiger partial charge in [-0.1, -0.05) is 103 Å². The van der Waals surface area contributed by atoms with Crippen molar-refractivity contribution < 1.29 is 19.7 Å². The van der Waals surface area contributed by atoms with Crippen LogP contribution in [0.2, 0.25) is 0 Å². The Morgan fingerprint density at radius 1 is 0.630 bits per heavy atom. The summed E-state index contributed by atoms with van der Waals surface area (Å²) in [6.07, 6.45) is 22.0. The van der Waals surface area contributed by atoms with Crippen LogP contribution in [0.5, 0.6) is 0 Å². The minimum absolute atomic E-state index is 0. The minimum atomic E-state index is -0.152. The molecule has 0 fully saturated rings. The van der Waals surface area contributed by atoms with E-state index in [-0.39, 0.29) is 70.6 Å². The van der Waals surface area contributed by atoms with Crippen LogP contribution in [0.4, 0.5) is 0 Å². The Hall–Kier alpha value is 1.03. The number of carbonyl (C=O) groups excluding carboxylic acids is 1. The molecule has 0 aliphatic heterocycles.